The summed E-state index contributed by atoms with van der Waals surface area (Å²) in [6, 6.07) is 12.5. The molecule has 0 saturated heterocycles. The Kier molecular flexibility index (Phi) is 4.89. The number of rotatable bonds is 1. The van der Waals surface area contributed by atoms with Crippen LogP contribution in [0.2, 0.25) is 0 Å². The number of halogens is 1. The first-order valence-corrected chi connectivity index (χ1v) is 11.5. The lowest BCUT2D eigenvalue weighted by molar-refractivity contribution is 0.0904. The molecule has 1 aliphatic heterocycles. The monoisotopic (exact) mass is 421 g/mol. The Labute approximate surface area is 183 Å². The van der Waals surface area contributed by atoms with Crippen molar-refractivity contribution in [1.29, 1.82) is 0 Å². The third kappa shape index (κ3) is 3.27. The van der Waals surface area contributed by atoms with Crippen molar-refractivity contribution in [1.82, 2.24) is 4.57 Å². The van der Waals surface area contributed by atoms with Gasteiger partial charge in [-0.3, -0.25) is 0 Å². The van der Waals surface area contributed by atoms with Gasteiger partial charge in [0.2, 0.25) is 0 Å². The summed E-state index contributed by atoms with van der Waals surface area (Å²) in [6.07, 6.45) is 5.56. The molecule has 0 radical (unpaired) electrons. The Hall–Kier alpha value is -2.33. The average molecular weight is 422 g/mol. The van der Waals surface area contributed by atoms with Crippen molar-refractivity contribution < 1.29 is 14.2 Å². The number of aromatic hydroxyl groups is 1. The van der Waals surface area contributed by atoms with Crippen molar-refractivity contribution in [3.63, 3.8) is 0 Å². The molecule has 1 aliphatic carbocycles. The molecule has 3 aromatic rings. The second-order valence-electron chi connectivity index (χ2n) is 10.4. The van der Waals surface area contributed by atoms with Crippen molar-refractivity contribution in [3.8, 4) is 11.4 Å². The summed E-state index contributed by atoms with van der Waals surface area (Å²) >= 11 is 0. The number of nitrogens with zero attached hydrogens (tertiary/aromatic N) is 1. The standard InChI is InChI=1S/C27H32FNO2/c1-18-12-14-27(16-18)13-5-15-31-17-26(2,3)25-24(27)23-21(6-4-7-22(23)30)29(25)20-10-8-19(28)9-11-20/h4,6-11,18,30H,5,12-17H2,1-3H3. The lowest BCUT2D eigenvalue weighted by atomic mass is 9.70. The molecule has 2 aliphatic rings. The Bertz CT molecular complexity index is 1110. The average Bonchev–Trinajstić information content (AvgIpc) is 3.29. The maximum absolute atomic E-state index is 13.8. The quantitative estimate of drug-likeness (QED) is 0.479. The number of phenolic OH excluding ortho intramolecular Hbond substituents is 1. The Morgan fingerprint density at radius 3 is 2.58 bits per heavy atom. The van der Waals surface area contributed by atoms with Gasteiger partial charge in [0.15, 0.2) is 0 Å². The van der Waals surface area contributed by atoms with Gasteiger partial charge in [0.1, 0.15) is 11.6 Å². The molecular weight excluding hydrogens is 389 g/mol. The third-order valence-corrected chi connectivity index (χ3v) is 7.49. The predicted octanol–water partition coefficient (Wildman–Crippen LogP) is 6.62. The molecule has 1 saturated carbocycles. The fourth-order valence-corrected chi connectivity index (χ4v) is 6.22. The molecule has 31 heavy (non-hydrogen) atoms. The number of aromatic nitrogens is 1. The molecule has 1 fully saturated rings. The van der Waals surface area contributed by atoms with Gasteiger partial charge in [-0.15, -0.1) is 0 Å². The molecule has 1 aromatic heterocycles. The molecule has 5 rings (SSSR count). The first kappa shape index (κ1) is 20.6. The lowest BCUT2D eigenvalue weighted by Crippen LogP contribution is -2.32. The summed E-state index contributed by atoms with van der Waals surface area (Å²) in [5.41, 5.74) is 4.17. The molecule has 4 heteroatoms. The maximum Gasteiger partial charge on any atom is 0.125 e. The Morgan fingerprint density at radius 2 is 1.87 bits per heavy atom. The molecule has 3 nitrogen and oxygen atoms in total. The van der Waals surface area contributed by atoms with Crippen LogP contribution in [0.25, 0.3) is 16.6 Å². The summed E-state index contributed by atoms with van der Waals surface area (Å²) in [6.45, 7) is 8.20. The smallest absolute Gasteiger partial charge is 0.125 e. The van der Waals surface area contributed by atoms with Crippen LogP contribution in [0.3, 0.4) is 0 Å². The van der Waals surface area contributed by atoms with Gasteiger partial charge < -0.3 is 14.4 Å². The fourth-order valence-electron chi connectivity index (χ4n) is 6.22. The summed E-state index contributed by atoms with van der Waals surface area (Å²) in [5.74, 6) is 0.753. The molecule has 164 valence electrons. The van der Waals surface area contributed by atoms with Crippen LogP contribution in [0.5, 0.6) is 5.75 Å². The van der Waals surface area contributed by atoms with Gasteiger partial charge in [-0.1, -0.05) is 26.8 Å². The number of phenols is 1. The topological polar surface area (TPSA) is 34.4 Å². The van der Waals surface area contributed by atoms with E-state index < -0.39 is 0 Å². The van der Waals surface area contributed by atoms with E-state index in [1.54, 1.807) is 6.07 Å². The number of benzene rings is 2. The van der Waals surface area contributed by atoms with E-state index in [0.717, 1.165) is 48.9 Å². The molecule has 0 bridgehead atoms. The normalized spacial score (nSPS) is 25.9. The van der Waals surface area contributed by atoms with E-state index in [-0.39, 0.29) is 16.6 Å². The van der Waals surface area contributed by atoms with Gasteiger partial charge >= 0.3 is 0 Å². The van der Waals surface area contributed by atoms with Crippen LogP contribution in [0.4, 0.5) is 4.39 Å². The van der Waals surface area contributed by atoms with E-state index in [9.17, 15) is 9.50 Å². The minimum Gasteiger partial charge on any atom is -0.507 e. The van der Waals surface area contributed by atoms with Crippen molar-refractivity contribution >= 4 is 10.9 Å². The van der Waals surface area contributed by atoms with Crippen LogP contribution in [-0.2, 0) is 15.6 Å². The first-order chi connectivity index (χ1) is 14.8. The zero-order valence-corrected chi connectivity index (χ0v) is 18.7. The van der Waals surface area contributed by atoms with Crippen LogP contribution < -0.4 is 0 Å². The molecule has 2 unspecified atom stereocenters. The predicted molar refractivity (Wildman–Crippen MR) is 123 cm³/mol. The molecule has 2 atom stereocenters. The highest BCUT2D eigenvalue weighted by molar-refractivity contribution is 5.94. The highest BCUT2D eigenvalue weighted by Crippen LogP contribution is 2.55. The minimum atomic E-state index is -0.266. The van der Waals surface area contributed by atoms with E-state index in [1.807, 2.05) is 18.2 Å². The number of fused-ring (bicyclic) bond motifs is 4. The molecular formula is C27H32FNO2. The largest absolute Gasteiger partial charge is 0.507 e. The van der Waals surface area contributed by atoms with E-state index in [1.165, 1.54) is 29.8 Å². The highest BCUT2D eigenvalue weighted by Gasteiger charge is 2.46. The maximum atomic E-state index is 13.8. The van der Waals surface area contributed by atoms with Gasteiger partial charge in [-0.05, 0) is 85.4 Å². The van der Waals surface area contributed by atoms with Crippen LogP contribution >= 0.6 is 0 Å². The van der Waals surface area contributed by atoms with Gasteiger partial charge in [-0.25, -0.2) is 4.39 Å². The highest BCUT2D eigenvalue weighted by atomic mass is 19.1. The van der Waals surface area contributed by atoms with E-state index in [0.29, 0.717) is 18.3 Å². The van der Waals surface area contributed by atoms with Crippen molar-refractivity contribution in [2.24, 2.45) is 5.92 Å². The van der Waals surface area contributed by atoms with Gasteiger partial charge in [0, 0.05) is 28.8 Å². The minimum absolute atomic E-state index is 0.0298. The summed E-state index contributed by atoms with van der Waals surface area (Å²) in [7, 11) is 0. The number of hydrogen-bond donors (Lipinski definition) is 1. The van der Waals surface area contributed by atoms with Crippen LogP contribution in [0, 0.1) is 11.7 Å². The van der Waals surface area contributed by atoms with Crippen molar-refractivity contribution in [2.75, 3.05) is 13.2 Å². The number of ether oxygens (including phenoxy) is 1. The van der Waals surface area contributed by atoms with Crippen LogP contribution in [0.1, 0.15) is 64.1 Å². The summed E-state index contributed by atoms with van der Waals surface area (Å²) in [4.78, 5) is 0. The lowest BCUT2D eigenvalue weighted by Gasteiger charge is -2.35. The molecule has 1 N–H and O–H groups in total. The second-order valence-corrected chi connectivity index (χ2v) is 10.4. The third-order valence-electron chi connectivity index (χ3n) is 7.49. The number of hydrogen-bond acceptors (Lipinski definition) is 2. The van der Waals surface area contributed by atoms with Gasteiger partial charge in [-0.2, -0.15) is 0 Å². The Balaban J connectivity index is 1.93. The summed E-state index contributed by atoms with van der Waals surface area (Å²) < 4.78 is 22.2. The SMILES string of the molecule is CC1CCC2(CCCOCC(C)(C)c3c2c2c(O)cccc2n3-c2ccc(F)cc2)C1. The molecule has 2 heterocycles. The zero-order valence-electron chi connectivity index (χ0n) is 18.7. The van der Waals surface area contributed by atoms with Gasteiger partial charge in [0.05, 0.1) is 12.1 Å². The first-order valence-electron chi connectivity index (χ1n) is 11.5. The van der Waals surface area contributed by atoms with E-state index in [2.05, 4.69) is 31.4 Å². The summed E-state index contributed by atoms with van der Waals surface area (Å²) in [5, 5.41) is 12.1. The zero-order chi connectivity index (χ0) is 21.8. The van der Waals surface area contributed by atoms with Gasteiger partial charge in [0.25, 0.3) is 0 Å². The van der Waals surface area contributed by atoms with Crippen LogP contribution in [-0.4, -0.2) is 22.9 Å². The second kappa shape index (κ2) is 7.37. The van der Waals surface area contributed by atoms with E-state index in [4.69, 9.17) is 4.74 Å². The molecule has 0 amide bonds. The fraction of sp³-hybridized carbons (Fsp3) is 0.481. The van der Waals surface area contributed by atoms with Crippen molar-refractivity contribution in [2.45, 2.75) is 63.7 Å². The Morgan fingerprint density at radius 1 is 1.10 bits per heavy atom. The van der Waals surface area contributed by atoms with Crippen molar-refractivity contribution in [3.05, 3.63) is 59.5 Å². The molecule has 1 spiro atoms. The molecule has 2 aromatic carbocycles. The van der Waals surface area contributed by atoms with E-state index >= 15 is 0 Å². The van der Waals surface area contributed by atoms with Crippen LogP contribution in [0.15, 0.2) is 42.5 Å².